The number of aryl methyl sites for hydroxylation is 2. The van der Waals surface area contributed by atoms with Crippen LogP contribution in [0.4, 0.5) is 5.82 Å². The van der Waals surface area contributed by atoms with Gasteiger partial charge >= 0.3 is 0 Å². The highest BCUT2D eigenvalue weighted by Gasteiger charge is 2.21. The van der Waals surface area contributed by atoms with Gasteiger partial charge < -0.3 is 15.0 Å². The third-order valence-electron chi connectivity index (χ3n) is 6.56. The van der Waals surface area contributed by atoms with E-state index in [0.717, 1.165) is 29.5 Å². The number of thioether (sulfide) groups is 1. The minimum Gasteiger partial charge on any atom is -0.489 e. The monoisotopic (exact) mass is 498 g/mol. The van der Waals surface area contributed by atoms with Gasteiger partial charge in [0.2, 0.25) is 5.91 Å². The molecule has 0 spiro atoms. The number of hydrogen-bond acceptors (Lipinski definition) is 7. The van der Waals surface area contributed by atoms with E-state index in [1.54, 1.807) is 29.3 Å². The maximum Gasteiger partial charge on any atom is 0.259 e. The fourth-order valence-electron chi connectivity index (χ4n) is 4.81. The van der Waals surface area contributed by atoms with Crippen LogP contribution >= 0.6 is 23.1 Å². The molecule has 9 heteroatoms. The highest BCUT2D eigenvalue weighted by Crippen LogP contribution is 2.34. The molecular formula is C25H30N4O3S2. The van der Waals surface area contributed by atoms with Gasteiger partial charge in [-0.05, 0) is 55.7 Å². The van der Waals surface area contributed by atoms with Gasteiger partial charge in [0, 0.05) is 23.2 Å². The largest absolute Gasteiger partial charge is 0.489 e. The molecule has 0 bridgehead atoms. The first kappa shape index (κ1) is 23.4. The molecule has 3 aromatic rings. The fraction of sp³-hybridized carbons (Fsp3) is 0.520. The Bertz CT molecular complexity index is 1220. The predicted molar refractivity (Wildman–Crippen MR) is 138 cm³/mol. The second-order valence-corrected chi connectivity index (χ2v) is 11.3. The van der Waals surface area contributed by atoms with E-state index < -0.39 is 0 Å². The standard InChI is InChI=1S/C25H30N4O3S2/c30-21(29-23-18(9-5-12-26-23)32-14-16-6-2-1-3-7-16)11-13-33-15-20-27-24(31)22-17-8-4-10-19(17)34-25(22)28-20/h5,9,12,16H,1-4,6-8,10-11,13-15H2,(H,26,29,30)(H,27,28,31). The first-order valence-corrected chi connectivity index (χ1v) is 14.1. The Morgan fingerprint density at radius 3 is 3.00 bits per heavy atom. The normalized spacial score (nSPS) is 16.0. The lowest BCUT2D eigenvalue weighted by atomic mass is 9.90. The van der Waals surface area contributed by atoms with E-state index in [-0.39, 0.29) is 11.5 Å². The molecule has 1 fully saturated rings. The van der Waals surface area contributed by atoms with Crippen LogP contribution in [0.2, 0.25) is 0 Å². The molecule has 2 N–H and O–H groups in total. The molecule has 0 atom stereocenters. The molecule has 2 aliphatic rings. The van der Waals surface area contributed by atoms with Crippen molar-refractivity contribution in [3.05, 3.63) is 44.9 Å². The van der Waals surface area contributed by atoms with Gasteiger partial charge in [-0.15, -0.1) is 11.3 Å². The van der Waals surface area contributed by atoms with Crippen molar-refractivity contribution in [1.82, 2.24) is 15.0 Å². The maximum atomic E-state index is 12.6. The minimum absolute atomic E-state index is 0.0337. The summed E-state index contributed by atoms with van der Waals surface area (Å²) >= 11 is 3.24. The third kappa shape index (κ3) is 5.46. The van der Waals surface area contributed by atoms with Crippen molar-refractivity contribution >= 4 is 45.0 Å². The second-order valence-electron chi connectivity index (χ2n) is 9.07. The average molecular weight is 499 g/mol. The Morgan fingerprint density at radius 1 is 1.24 bits per heavy atom. The SMILES string of the molecule is O=C(CCSCc1nc2sc3c(c2c(=O)[nH]1)CCC3)Nc1ncccc1OCC1CCCCC1. The summed E-state index contributed by atoms with van der Waals surface area (Å²) in [5.41, 5.74) is 1.16. The van der Waals surface area contributed by atoms with E-state index in [1.807, 2.05) is 12.1 Å². The Balaban J connectivity index is 1.10. The van der Waals surface area contributed by atoms with Gasteiger partial charge in [0.1, 0.15) is 10.7 Å². The molecular weight excluding hydrogens is 468 g/mol. The molecule has 7 nitrogen and oxygen atoms in total. The van der Waals surface area contributed by atoms with Gasteiger partial charge in [-0.2, -0.15) is 11.8 Å². The Hall–Kier alpha value is -2.39. The van der Waals surface area contributed by atoms with Gasteiger partial charge in [-0.1, -0.05) is 19.3 Å². The zero-order chi connectivity index (χ0) is 23.3. The lowest BCUT2D eigenvalue weighted by molar-refractivity contribution is -0.115. The topological polar surface area (TPSA) is 97.0 Å². The highest BCUT2D eigenvalue weighted by molar-refractivity contribution is 7.98. The predicted octanol–water partition coefficient (Wildman–Crippen LogP) is 5.09. The smallest absolute Gasteiger partial charge is 0.259 e. The zero-order valence-corrected chi connectivity index (χ0v) is 20.9. The summed E-state index contributed by atoms with van der Waals surface area (Å²) in [6.45, 7) is 0.674. The number of pyridine rings is 1. The van der Waals surface area contributed by atoms with Crippen LogP contribution in [0.15, 0.2) is 23.1 Å². The van der Waals surface area contributed by atoms with Crippen LogP contribution in [-0.4, -0.2) is 33.2 Å². The molecule has 3 heterocycles. The lowest BCUT2D eigenvalue weighted by Crippen LogP contribution is -2.18. The molecule has 5 rings (SSSR count). The number of amides is 1. The Morgan fingerprint density at radius 2 is 2.12 bits per heavy atom. The number of anilines is 1. The van der Waals surface area contributed by atoms with Gasteiger partial charge in [0.25, 0.3) is 5.56 Å². The summed E-state index contributed by atoms with van der Waals surface area (Å²) in [7, 11) is 0. The van der Waals surface area contributed by atoms with Gasteiger partial charge in [0.15, 0.2) is 11.6 Å². The molecule has 0 aliphatic heterocycles. The first-order chi connectivity index (χ1) is 16.7. The van der Waals surface area contributed by atoms with Crippen molar-refractivity contribution in [3.8, 4) is 5.75 Å². The fourth-order valence-corrected chi connectivity index (χ4v) is 6.89. The number of H-pyrrole nitrogens is 1. The number of carbonyl (C=O) groups is 1. The number of aromatic nitrogens is 3. The summed E-state index contributed by atoms with van der Waals surface area (Å²) in [6, 6.07) is 3.69. The number of nitrogens with zero attached hydrogens (tertiary/aromatic N) is 2. The molecule has 180 valence electrons. The van der Waals surface area contributed by atoms with E-state index in [4.69, 9.17) is 4.74 Å². The molecule has 2 aliphatic carbocycles. The summed E-state index contributed by atoms with van der Waals surface area (Å²) in [4.78, 5) is 39.1. The molecule has 0 unspecified atom stereocenters. The van der Waals surface area contributed by atoms with Gasteiger partial charge in [-0.25, -0.2) is 9.97 Å². The van der Waals surface area contributed by atoms with Gasteiger partial charge in [0.05, 0.1) is 17.7 Å². The number of aromatic amines is 1. The summed E-state index contributed by atoms with van der Waals surface area (Å²) < 4.78 is 6.01. The lowest BCUT2D eigenvalue weighted by Gasteiger charge is -2.22. The van der Waals surface area contributed by atoms with E-state index in [9.17, 15) is 9.59 Å². The van der Waals surface area contributed by atoms with Crippen molar-refractivity contribution in [1.29, 1.82) is 0 Å². The van der Waals surface area contributed by atoms with E-state index in [2.05, 4.69) is 20.3 Å². The van der Waals surface area contributed by atoms with Crippen molar-refractivity contribution in [2.24, 2.45) is 5.92 Å². The van der Waals surface area contributed by atoms with Crippen molar-refractivity contribution < 1.29 is 9.53 Å². The van der Waals surface area contributed by atoms with Crippen LogP contribution < -0.4 is 15.6 Å². The maximum absolute atomic E-state index is 12.6. The summed E-state index contributed by atoms with van der Waals surface area (Å²) in [5, 5.41) is 3.67. The average Bonchev–Trinajstić information content (AvgIpc) is 3.43. The number of thiophene rings is 1. The molecule has 0 saturated heterocycles. The van der Waals surface area contributed by atoms with Crippen molar-refractivity contribution in [2.75, 3.05) is 17.7 Å². The number of fused-ring (bicyclic) bond motifs is 3. The summed E-state index contributed by atoms with van der Waals surface area (Å²) in [5.74, 6) is 3.47. The van der Waals surface area contributed by atoms with Crippen molar-refractivity contribution in [3.63, 3.8) is 0 Å². The van der Waals surface area contributed by atoms with E-state index in [1.165, 1.54) is 42.5 Å². The zero-order valence-electron chi connectivity index (χ0n) is 19.2. The first-order valence-electron chi connectivity index (χ1n) is 12.2. The van der Waals surface area contributed by atoms with Crippen LogP contribution in [-0.2, 0) is 23.4 Å². The number of carbonyl (C=O) groups excluding carboxylic acids is 1. The van der Waals surface area contributed by atoms with Crippen LogP contribution in [0, 0.1) is 5.92 Å². The van der Waals surface area contributed by atoms with E-state index in [0.29, 0.717) is 47.8 Å². The number of rotatable bonds is 9. The number of hydrogen-bond donors (Lipinski definition) is 2. The molecule has 1 amide bonds. The summed E-state index contributed by atoms with van der Waals surface area (Å²) in [6.07, 6.45) is 11.5. The Labute approximate surface area is 207 Å². The van der Waals surface area contributed by atoms with Crippen molar-refractivity contribution in [2.45, 2.75) is 63.5 Å². The van der Waals surface area contributed by atoms with Crippen LogP contribution in [0.25, 0.3) is 10.2 Å². The molecule has 0 radical (unpaired) electrons. The van der Waals surface area contributed by atoms with Crippen LogP contribution in [0.1, 0.15) is 61.2 Å². The molecule has 3 aromatic heterocycles. The molecule has 0 aromatic carbocycles. The quantitative estimate of drug-likeness (QED) is 0.399. The minimum atomic E-state index is -0.0969. The van der Waals surface area contributed by atoms with Crippen LogP contribution in [0.3, 0.4) is 0 Å². The second kappa shape index (κ2) is 10.9. The highest BCUT2D eigenvalue weighted by atomic mass is 32.2. The molecule has 34 heavy (non-hydrogen) atoms. The Kier molecular flexibility index (Phi) is 7.49. The number of ether oxygens (including phenoxy) is 1. The van der Waals surface area contributed by atoms with E-state index >= 15 is 0 Å². The molecule has 1 saturated carbocycles. The van der Waals surface area contributed by atoms with Crippen LogP contribution in [0.5, 0.6) is 5.75 Å². The number of nitrogens with one attached hydrogen (secondary N) is 2. The third-order valence-corrected chi connectivity index (χ3v) is 8.72. The van der Waals surface area contributed by atoms with Gasteiger partial charge in [-0.3, -0.25) is 9.59 Å².